The summed E-state index contributed by atoms with van der Waals surface area (Å²) in [6.07, 6.45) is 3.40. The van der Waals surface area contributed by atoms with E-state index in [2.05, 4.69) is 4.98 Å². The molecule has 7 heteroatoms. The number of aromatic nitrogens is 1. The Morgan fingerprint density at radius 2 is 2.29 bits per heavy atom. The molecular formula is C10H15N3O2S2. The zero-order chi connectivity index (χ0) is 13.1. The van der Waals surface area contributed by atoms with Gasteiger partial charge in [0, 0.05) is 13.2 Å². The lowest BCUT2D eigenvalue weighted by Crippen LogP contribution is -2.42. The average Bonchev–Trinajstić information content (AvgIpc) is 2.29. The zero-order valence-corrected chi connectivity index (χ0v) is 11.3. The van der Waals surface area contributed by atoms with Gasteiger partial charge in [-0.2, -0.15) is 0 Å². The molecule has 1 heterocycles. The molecule has 17 heavy (non-hydrogen) atoms. The molecule has 2 N–H and O–H groups in total. The summed E-state index contributed by atoms with van der Waals surface area (Å²) in [6.45, 7) is 1.73. The van der Waals surface area contributed by atoms with Crippen LogP contribution in [0, 0.1) is 0 Å². The molecule has 5 nitrogen and oxygen atoms in total. The van der Waals surface area contributed by atoms with E-state index in [-0.39, 0.29) is 4.99 Å². The second-order valence-electron chi connectivity index (χ2n) is 3.52. The number of hydrogen-bond donors (Lipinski definition) is 1. The fourth-order valence-corrected chi connectivity index (χ4v) is 3.47. The Balaban J connectivity index is 3.11. The number of nitrogens with two attached hydrogens (primary N) is 1. The Morgan fingerprint density at radius 3 is 2.71 bits per heavy atom. The van der Waals surface area contributed by atoms with Crippen molar-refractivity contribution in [1.29, 1.82) is 0 Å². The highest BCUT2D eigenvalue weighted by Gasteiger charge is 2.30. The maximum atomic E-state index is 12.2. The van der Waals surface area contributed by atoms with Crippen LogP contribution in [0.3, 0.4) is 0 Å². The minimum absolute atomic E-state index is 0.0109. The molecule has 0 saturated carbocycles. The first kappa shape index (κ1) is 13.9. The van der Waals surface area contributed by atoms with Gasteiger partial charge in [-0.25, -0.2) is 8.42 Å². The number of thiocarbonyl (C=S) groups is 1. The van der Waals surface area contributed by atoms with Gasteiger partial charge in [0.1, 0.15) is 5.25 Å². The van der Waals surface area contributed by atoms with Gasteiger partial charge in [-0.1, -0.05) is 19.1 Å². The van der Waals surface area contributed by atoms with E-state index < -0.39 is 15.3 Å². The van der Waals surface area contributed by atoms with Crippen LogP contribution in [0.1, 0.15) is 13.3 Å². The standard InChI is InChI=1S/C10H15N3O2S2/c1-3-9(10(11)16)17(14,15)13(2)8-5-4-6-12-7-8/h4-7,9H,3H2,1-2H3,(H2,11,16). The Kier molecular flexibility index (Phi) is 4.41. The molecular weight excluding hydrogens is 258 g/mol. The topological polar surface area (TPSA) is 76.3 Å². The van der Waals surface area contributed by atoms with Crippen molar-refractivity contribution in [2.45, 2.75) is 18.6 Å². The van der Waals surface area contributed by atoms with Crippen molar-refractivity contribution in [2.75, 3.05) is 11.4 Å². The van der Waals surface area contributed by atoms with E-state index in [0.29, 0.717) is 12.1 Å². The minimum Gasteiger partial charge on any atom is -0.392 e. The van der Waals surface area contributed by atoms with E-state index in [0.717, 1.165) is 4.31 Å². The van der Waals surface area contributed by atoms with Gasteiger partial charge >= 0.3 is 0 Å². The molecule has 0 aromatic carbocycles. The van der Waals surface area contributed by atoms with Crippen molar-refractivity contribution >= 4 is 32.9 Å². The van der Waals surface area contributed by atoms with E-state index in [9.17, 15) is 8.42 Å². The summed E-state index contributed by atoms with van der Waals surface area (Å²) < 4.78 is 25.6. The number of anilines is 1. The number of sulfonamides is 1. The third-order valence-electron chi connectivity index (χ3n) is 2.44. The maximum absolute atomic E-state index is 12.2. The van der Waals surface area contributed by atoms with Crippen LogP contribution in [0.15, 0.2) is 24.5 Å². The summed E-state index contributed by atoms with van der Waals surface area (Å²) >= 11 is 4.79. The lowest BCUT2D eigenvalue weighted by molar-refractivity contribution is 0.587. The van der Waals surface area contributed by atoms with E-state index in [1.807, 2.05) is 0 Å². The second-order valence-corrected chi connectivity index (χ2v) is 6.14. The van der Waals surface area contributed by atoms with Crippen LogP contribution in [0.2, 0.25) is 0 Å². The van der Waals surface area contributed by atoms with Crippen LogP contribution in [0.5, 0.6) is 0 Å². The van der Waals surface area contributed by atoms with Crippen molar-refractivity contribution in [3.8, 4) is 0 Å². The van der Waals surface area contributed by atoms with Gasteiger partial charge in [0.25, 0.3) is 0 Å². The highest BCUT2D eigenvalue weighted by atomic mass is 32.2. The molecule has 0 bridgehead atoms. The molecule has 0 aliphatic carbocycles. The van der Waals surface area contributed by atoms with Gasteiger partial charge in [-0.05, 0) is 18.6 Å². The van der Waals surface area contributed by atoms with Crippen LogP contribution in [0.4, 0.5) is 5.69 Å². The van der Waals surface area contributed by atoms with Gasteiger partial charge in [0.2, 0.25) is 10.0 Å². The Bertz CT molecular complexity index is 488. The quantitative estimate of drug-likeness (QED) is 0.807. The van der Waals surface area contributed by atoms with Crippen molar-refractivity contribution in [3.63, 3.8) is 0 Å². The monoisotopic (exact) mass is 273 g/mol. The fourth-order valence-electron chi connectivity index (χ4n) is 1.44. The maximum Gasteiger partial charge on any atom is 0.244 e. The molecule has 0 radical (unpaired) electrons. The predicted octanol–water partition coefficient (Wildman–Crippen LogP) is 0.912. The SMILES string of the molecule is CCC(C(N)=S)S(=O)(=O)N(C)c1cccnc1. The average molecular weight is 273 g/mol. The largest absolute Gasteiger partial charge is 0.392 e. The fraction of sp³-hybridized carbons (Fsp3) is 0.400. The highest BCUT2D eigenvalue weighted by Crippen LogP contribution is 2.19. The summed E-state index contributed by atoms with van der Waals surface area (Å²) in [5.74, 6) is 0. The summed E-state index contributed by atoms with van der Waals surface area (Å²) in [5.41, 5.74) is 5.95. The molecule has 1 aromatic rings. The Labute approximate surface area is 107 Å². The lowest BCUT2D eigenvalue weighted by Gasteiger charge is -2.24. The third-order valence-corrected chi connectivity index (χ3v) is 5.15. The summed E-state index contributed by atoms with van der Waals surface area (Å²) in [4.78, 5) is 3.87. The van der Waals surface area contributed by atoms with Crippen molar-refractivity contribution in [1.82, 2.24) is 4.98 Å². The van der Waals surface area contributed by atoms with E-state index in [1.54, 1.807) is 25.3 Å². The Hall–Kier alpha value is -1.21. The van der Waals surface area contributed by atoms with Gasteiger partial charge in [-0.3, -0.25) is 9.29 Å². The van der Waals surface area contributed by atoms with E-state index in [1.165, 1.54) is 13.2 Å². The molecule has 0 aliphatic heterocycles. The first-order valence-corrected chi connectivity index (χ1v) is 6.99. The number of nitrogens with zero attached hydrogens (tertiary/aromatic N) is 2. The molecule has 1 rings (SSSR count). The lowest BCUT2D eigenvalue weighted by atomic mass is 10.3. The third kappa shape index (κ3) is 2.92. The van der Waals surface area contributed by atoms with Crippen LogP contribution >= 0.6 is 12.2 Å². The Morgan fingerprint density at radius 1 is 1.65 bits per heavy atom. The molecule has 0 amide bonds. The number of pyridine rings is 1. The molecule has 1 unspecified atom stereocenters. The van der Waals surface area contributed by atoms with Gasteiger partial charge < -0.3 is 5.73 Å². The predicted molar refractivity (Wildman–Crippen MR) is 72.4 cm³/mol. The van der Waals surface area contributed by atoms with E-state index in [4.69, 9.17) is 18.0 Å². The zero-order valence-electron chi connectivity index (χ0n) is 9.70. The minimum atomic E-state index is -3.58. The highest BCUT2D eigenvalue weighted by molar-refractivity contribution is 7.95. The molecule has 0 aliphatic rings. The molecule has 0 saturated heterocycles. The molecule has 1 aromatic heterocycles. The molecule has 1 atom stereocenters. The van der Waals surface area contributed by atoms with Crippen LogP contribution in [-0.4, -0.2) is 30.7 Å². The molecule has 0 fully saturated rings. The number of hydrogen-bond acceptors (Lipinski definition) is 4. The van der Waals surface area contributed by atoms with Gasteiger partial charge in [0.15, 0.2) is 0 Å². The smallest absolute Gasteiger partial charge is 0.244 e. The van der Waals surface area contributed by atoms with Gasteiger partial charge in [0.05, 0.1) is 16.9 Å². The first-order valence-electron chi connectivity index (χ1n) is 5.08. The molecule has 94 valence electrons. The van der Waals surface area contributed by atoms with Crippen molar-refractivity contribution < 1.29 is 8.42 Å². The summed E-state index contributed by atoms with van der Waals surface area (Å²) in [7, 11) is -2.11. The van der Waals surface area contributed by atoms with Crippen LogP contribution in [0.25, 0.3) is 0 Å². The molecule has 0 spiro atoms. The summed E-state index contributed by atoms with van der Waals surface area (Å²) in [6, 6.07) is 3.33. The summed E-state index contributed by atoms with van der Waals surface area (Å²) in [5, 5.41) is -0.845. The van der Waals surface area contributed by atoms with Crippen LogP contribution < -0.4 is 10.0 Å². The van der Waals surface area contributed by atoms with Crippen molar-refractivity contribution in [2.24, 2.45) is 5.73 Å². The number of rotatable bonds is 5. The first-order chi connectivity index (χ1) is 7.91. The normalized spacial score (nSPS) is 13.1. The van der Waals surface area contributed by atoms with Crippen LogP contribution in [-0.2, 0) is 10.0 Å². The second kappa shape index (κ2) is 5.42. The van der Waals surface area contributed by atoms with E-state index >= 15 is 0 Å². The van der Waals surface area contributed by atoms with Gasteiger partial charge in [-0.15, -0.1) is 0 Å². The van der Waals surface area contributed by atoms with Crippen molar-refractivity contribution in [3.05, 3.63) is 24.5 Å².